The van der Waals surface area contributed by atoms with Gasteiger partial charge in [0.05, 0.1) is 11.0 Å². The minimum Gasteiger partial charge on any atom is -0.342 e. The molecule has 6 heteroatoms. The topological polar surface area (TPSA) is 54.5 Å². The first kappa shape index (κ1) is 17.0. The Hall–Kier alpha value is -1.33. The van der Waals surface area contributed by atoms with E-state index >= 15 is 0 Å². The van der Waals surface area contributed by atoms with Crippen LogP contribution in [-0.4, -0.2) is 38.1 Å². The highest BCUT2D eigenvalue weighted by Crippen LogP contribution is 2.33. The van der Waals surface area contributed by atoms with Crippen LogP contribution in [0.25, 0.3) is 0 Å². The maximum Gasteiger partial charge on any atom is 0.222 e. The molecule has 0 bridgehead atoms. The molecule has 0 N–H and O–H groups in total. The normalized spacial score (nSPS) is 21.1. The van der Waals surface area contributed by atoms with Gasteiger partial charge in [0.25, 0.3) is 0 Å². The van der Waals surface area contributed by atoms with E-state index in [2.05, 4.69) is 6.58 Å². The second kappa shape index (κ2) is 7.29. The number of carbonyl (C=O) groups is 1. The standard InChI is InChI=1S/C16H20ClNO3S/c1-2-3-8-16(19)18-10-9-15(22(20,21)12-11-18)13-6-4-5-7-14(13)17/h2,4-7,15H,1,3,8-12H2. The number of nitrogens with zero attached hydrogens (tertiary/aromatic N) is 1. The molecule has 1 unspecified atom stereocenters. The highest BCUT2D eigenvalue weighted by atomic mass is 35.5. The molecule has 1 fully saturated rings. The number of amides is 1. The molecule has 1 saturated heterocycles. The van der Waals surface area contributed by atoms with Gasteiger partial charge in [-0.3, -0.25) is 4.79 Å². The molecule has 0 spiro atoms. The Labute approximate surface area is 136 Å². The van der Waals surface area contributed by atoms with Crippen molar-refractivity contribution in [2.75, 3.05) is 18.8 Å². The Kier molecular flexibility index (Phi) is 5.64. The summed E-state index contributed by atoms with van der Waals surface area (Å²) in [5, 5.41) is -0.180. The van der Waals surface area contributed by atoms with Crippen molar-refractivity contribution in [1.82, 2.24) is 4.90 Å². The summed E-state index contributed by atoms with van der Waals surface area (Å²) in [4.78, 5) is 13.7. The summed E-state index contributed by atoms with van der Waals surface area (Å²) in [5.41, 5.74) is 0.629. The summed E-state index contributed by atoms with van der Waals surface area (Å²) in [5.74, 6) is -0.0437. The van der Waals surface area contributed by atoms with Crippen molar-refractivity contribution in [2.45, 2.75) is 24.5 Å². The van der Waals surface area contributed by atoms with E-state index in [9.17, 15) is 13.2 Å². The van der Waals surface area contributed by atoms with Crippen LogP contribution in [0.4, 0.5) is 0 Å². The Morgan fingerprint density at radius 3 is 2.77 bits per heavy atom. The van der Waals surface area contributed by atoms with Gasteiger partial charge in [-0.15, -0.1) is 6.58 Å². The molecule has 1 aliphatic heterocycles. The molecule has 0 aromatic heterocycles. The number of halogens is 1. The second-order valence-electron chi connectivity index (χ2n) is 5.37. The van der Waals surface area contributed by atoms with E-state index in [0.717, 1.165) is 0 Å². The van der Waals surface area contributed by atoms with Crippen LogP contribution in [-0.2, 0) is 14.6 Å². The number of hydrogen-bond acceptors (Lipinski definition) is 3. The fraction of sp³-hybridized carbons (Fsp3) is 0.438. The van der Waals surface area contributed by atoms with Crippen molar-refractivity contribution >= 4 is 27.3 Å². The lowest BCUT2D eigenvalue weighted by molar-refractivity contribution is -0.130. The minimum absolute atomic E-state index is 0.0186. The number of carbonyl (C=O) groups excluding carboxylic acids is 1. The third kappa shape index (κ3) is 3.90. The molecule has 1 aromatic carbocycles. The van der Waals surface area contributed by atoms with E-state index in [4.69, 9.17) is 11.6 Å². The Morgan fingerprint density at radius 2 is 2.09 bits per heavy atom. The zero-order valence-electron chi connectivity index (χ0n) is 12.4. The molecule has 0 radical (unpaired) electrons. The smallest absolute Gasteiger partial charge is 0.222 e. The van der Waals surface area contributed by atoms with Crippen LogP contribution < -0.4 is 0 Å². The van der Waals surface area contributed by atoms with Gasteiger partial charge in [0, 0.05) is 24.5 Å². The number of benzene rings is 1. The van der Waals surface area contributed by atoms with Crippen LogP contribution in [0.1, 0.15) is 30.1 Å². The highest BCUT2D eigenvalue weighted by molar-refractivity contribution is 7.91. The van der Waals surface area contributed by atoms with Gasteiger partial charge in [-0.25, -0.2) is 8.42 Å². The first-order chi connectivity index (χ1) is 10.5. The quantitative estimate of drug-likeness (QED) is 0.791. The van der Waals surface area contributed by atoms with Crippen molar-refractivity contribution < 1.29 is 13.2 Å². The highest BCUT2D eigenvalue weighted by Gasteiger charge is 2.33. The molecule has 1 amide bonds. The van der Waals surface area contributed by atoms with Crippen molar-refractivity contribution in [3.8, 4) is 0 Å². The fourth-order valence-corrected chi connectivity index (χ4v) is 4.81. The summed E-state index contributed by atoms with van der Waals surface area (Å²) in [6.07, 6.45) is 3.06. The number of sulfone groups is 1. The van der Waals surface area contributed by atoms with Gasteiger partial charge in [-0.05, 0) is 24.5 Å². The largest absolute Gasteiger partial charge is 0.342 e. The van der Waals surface area contributed by atoms with Crippen LogP contribution in [0, 0.1) is 0 Å². The van der Waals surface area contributed by atoms with Gasteiger partial charge >= 0.3 is 0 Å². The summed E-state index contributed by atoms with van der Waals surface area (Å²) in [7, 11) is -3.32. The van der Waals surface area contributed by atoms with Gasteiger partial charge in [0.15, 0.2) is 9.84 Å². The molecule has 1 heterocycles. The van der Waals surface area contributed by atoms with E-state index in [-0.39, 0.29) is 18.2 Å². The van der Waals surface area contributed by atoms with E-state index < -0.39 is 15.1 Å². The van der Waals surface area contributed by atoms with Crippen LogP contribution >= 0.6 is 11.6 Å². The maximum absolute atomic E-state index is 12.5. The summed E-state index contributed by atoms with van der Waals surface area (Å²) < 4.78 is 25.0. The zero-order valence-corrected chi connectivity index (χ0v) is 13.9. The van der Waals surface area contributed by atoms with Crippen molar-refractivity contribution in [1.29, 1.82) is 0 Å². The van der Waals surface area contributed by atoms with Gasteiger partial charge in [-0.1, -0.05) is 35.9 Å². The van der Waals surface area contributed by atoms with Crippen LogP contribution in [0.5, 0.6) is 0 Å². The zero-order chi connectivity index (χ0) is 16.2. The molecule has 120 valence electrons. The number of allylic oxidation sites excluding steroid dienone is 1. The third-order valence-corrected chi connectivity index (χ3v) is 6.36. The molecular formula is C16H20ClNO3S. The maximum atomic E-state index is 12.5. The predicted octanol–water partition coefficient (Wildman–Crippen LogP) is 2.99. The number of hydrogen-bond donors (Lipinski definition) is 0. The molecule has 22 heavy (non-hydrogen) atoms. The van der Waals surface area contributed by atoms with Crippen molar-refractivity contribution in [2.24, 2.45) is 0 Å². The monoisotopic (exact) mass is 341 g/mol. The minimum atomic E-state index is -3.32. The average molecular weight is 342 g/mol. The van der Waals surface area contributed by atoms with E-state index in [1.807, 2.05) is 0 Å². The Morgan fingerprint density at radius 1 is 1.36 bits per heavy atom. The lowest BCUT2D eigenvalue weighted by Gasteiger charge is -2.19. The number of rotatable bonds is 4. The summed E-state index contributed by atoms with van der Waals surface area (Å²) in [6.45, 7) is 4.28. The van der Waals surface area contributed by atoms with Crippen LogP contribution in [0.3, 0.4) is 0 Å². The van der Waals surface area contributed by atoms with E-state index in [0.29, 0.717) is 36.4 Å². The van der Waals surface area contributed by atoms with Gasteiger partial charge in [0.1, 0.15) is 0 Å². The van der Waals surface area contributed by atoms with Gasteiger partial charge < -0.3 is 4.90 Å². The van der Waals surface area contributed by atoms with Gasteiger partial charge in [-0.2, -0.15) is 0 Å². The summed E-state index contributed by atoms with van der Waals surface area (Å²) >= 11 is 6.15. The lowest BCUT2D eigenvalue weighted by atomic mass is 10.1. The average Bonchev–Trinajstić information content (AvgIpc) is 2.64. The van der Waals surface area contributed by atoms with Crippen molar-refractivity contribution in [3.63, 3.8) is 0 Å². The summed E-state index contributed by atoms with van der Waals surface area (Å²) in [6, 6.07) is 7.01. The predicted molar refractivity (Wildman–Crippen MR) is 88.6 cm³/mol. The SMILES string of the molecule is C=CCCC(=O)N1CCC(c2ccccc2Cl)S(=O)(=O)CC1. The van der Waals surface area contributed by atoms with Crippen LogP contribution in [0.15, 0.2) is 36.9 Å². The fourth-order valence-electron chi connectivity index (χ4n) is 2.66. The van der Waals surface area contributed by atoms with E-state index in [1.54, 1.807) is 35.2 Å². The van der Waals surface area contributed by atoms with E-state index in [1.165, 1.54) is 0 Å². The first-order valence-corrected chi connectivity index (χ1v) is 9.39. The molecule has 2 rings (SSSR count). The molecule has 1 aromatic rings. The molecule has 0 aliphatic carbocycles. The first-order valence-electron chi connectivity index (χ1n) is 7.30. The molecule has 0 saturated carbocycles. The third-order valence-electron chi connectivity index (χ3n) is 3.91. The molecule has 4 nitrogen and oxygen atoms in total. The Balaban J connectivity index is 2.19. The molecule has 1 aliphatic rings. The van der Waals surface area contributed by atoms with Gasteiger partial charge in [0.2, 0.25) is 5.91 Å². The lowest BCUT2D eigenvalue weighted by Crippen LogP contribution is -2.33. The second-order valence-corrected chi connectivity index (χ2v) is 8.08. The van der Waals surface area contributed by atoms with Crippen molar-refractivity contribution in [3.05, 3.63) is 47.5 Å². The molecular weight excluding hydrogens is 322 g/mol. The molecule has 1 atom stereocenters. The van der Waals surface area contributed by atoms with Crippen LogP contribution in [0.2, 0.25) is 5.02 Å². The Bertz CT molecular complexity index is 657.